The topological polar surface area (TPSA) is 55.9 Å². The van der Waals surface area contributed by atoms with E-state index >= 15 is 0 Å². The highest BCUT2D eigenvalue weighted by atomic mass is 79.9. The third-order valence-electron chi connectivity index (χ3n) is 3.85. The highest BCUT2D eigenvalue weighted by molar-refractivity contribution is 9.10. The minimum absolute atomic E-state index is 0.277. The highest BCUT2D eigenvalue weighted by Crippen LogP contribution is 2.36. The van der Waals surface area contributed by atoms with Crippen LogP contribution in [0.2, 0.25) is 0 Å². The minimum atomic E-state index is 0.277. The summed E-state index contributed by atoms with van der Waals surface area (Å²) in [4.78, 5) is 0. The van der Waals surface area contributed by atoms with E-state index in [-0.39, 0.29) is 6.04 Å². The van der Waals surface area contributed by atoms with Gasteiger partial charge in [0, 0.05) is 12.2 Å². The summed E-state index contributed by atoms with van der Waals surface area (Å²) in [6.07, 6.45) is 2.02. The van der Waals surface area contributed by atoms with Crippen LogP contribution in [-0.4, -0.2) is 16.3 Å². The molecule has 0 saturated heterocycles. The number of nitrogen functional groups attached to an aromatic ring is 1. The Bertz CT molecular complexity index is 630. The number of anilines is 2. The third-order valence-corrected chi connectivity index (χ3v) is 4.68. The quantitative estimate of drug-likeness (QED) is 0.828. The highest BCUT2D eigenvalue weighted by Gasteiger charge is 2.26. The molecular weight excluding hydrogens is 328 g/mol. The monoisotopic (exact) mass is 348 g/mol. The predicted octanol–water partition coefficient (Wildman–Crippen LogP) is 3.83. The number of nitrogens with two attached hydrogens (primary N) is 1. The van der Waals surface area contributed by atoms with E-state index in [1.165, 1.54) is 5.56 Å². The number of aromatic nitrogens is 2. The van der Waals surface area contributed by atoms with E-state index in [2.05, 4.69) is 51.9 Å². The van der Waals surface area contributed by atoms with Gasteiger partial charge in [-0.05, 0) is 52.4 Å². The number of halogens is 1. The SMILES string of the molecule is CC(C)Cc1nn2c(c1Br)NCCC2c1ccc(N)cc1. The van der Waals surface area contributed by atoms with Gasteiger partial charge in [0.15, 0.2) is 0 Å². The fourth-order valence-electron chi connectivity index (χ4n) is 2.84. The molecule has 1 aromatic heterocycles. The second-order valence-electron chi connectivity index (χ2n) is 6.05. The van der Waals surface area contributed by atoms with Crippen LogP contribution in [0.15, 0.2) is 28.7 Å². The molecule has 0 fully saturated rings. The molecule has 5 heteroatoms. The van der Waals surface area contributed by atoms with Crippen molar-refractivity contribution in [3.63, 3.8) is 0 Å². The average Bonchev–Trinajstić information content (AvgIpc) is 2.76. The molecule has 1 aliphatic rings. The number of hydrogen-bond acceptors (Lipinski definition) is 3. The van der Waals surface area contributed by atoms with Crippen LogP contribution in [0.4, 0.5) is 11.5 Å². The molecule has 1 aromatic carbocycles. The summed E-state index contributed by atoms with van der Waals surface area (Å²) >= 11 is 3.71. The summed E-state index contributed by atoms with van der Waals surface area (Å²) in [5.74, 6) is 1.69. The van der Waals surface area contributed by atoms with Gasteiger partial charge in [0.1, 0.15) is 5.82 Å². The molecular formula is C16H21BrN4. The summed E-state index contributed by atoms with van der Waals surface area (Å²) in [5.41, 5.74) is 8.99. The minimum Gasteiger partial charge on any atom is -0.399 e. The van der Waals surface area contributed by atoms with E-state index in [0.29, 0.717) is 5.92 Å². The zero-order chi connectivity index (χ0) is 15.0. The van der Waals surface area contributed by atoms with E-state index in [1.807, 2.05) is 12.1 Å². The molecule has 0 aliphatic carbocycles. The van der Waals surface area contributed by atoms with E-state index in [4.69, 9.17) is 10.8 Å². The number of rotatable bonds is 3. The first-order chi connectivity index (χ1) is 10.1. The van der Waals surface area contributed by atoms with Gasteiger partial charge in [-0.2, -0.15) is 5.10 Å². The molecule has 0 saturated carbocycles. The Morgan fingerprint density at radius 3 is 2.76 bits per heavy atom. The fraction of sp³-hybridized carbons (Fsp3) is 0.438. The number of benzene rings is 1. The van der Waals surface area contributed by atoms with Gasteiger partial charge in [-0.3, -0.25) is 0 Å². The molecule has 1 atom stereocenters. The van der Waals surface area contributed by atoms with Crippen molar-refractivity contribution < 1.29 is 0 Å². The van der Waals surface area contributed by atoms with Crippen LogP contribution >= 0.6 is 15.9 Å². The van der Waals surface area contributed by atoms with Crippen LogP contribution in [0.5, 0.6) is 0 Å². The van der Waals surface area contributed by atoms with Crippen molar-refractivity contribution in [3.8, 4) is 0 Å². The predicted molar refractivity (Wildman–Crippen MR) is 90.6 cm³/mol. The van der Waals surface area contributed by atoms with Crippen molar-refractivity contribution in [2.24, 2.45) is 5.92 Å². The molecule has 3 rings (SSSR count). The lowest BCUT2D eigenvalue weighted by Crippen LogP contribution is -2.24. The van der Waals surface area contributed by atoms with E-state index in [0.717, 1.165) is 41.1 Å². The Morgan fingerprint density at radius 1 is 1.38 bits per heavy atom. The van der Waals surface area contributed by atoms with Crippen molar-refractivity contribution in [2.45, 2.75) is 32.7 Å². The third kappa shape index (κ3) is 2.79. The van der Waals surface area contributed by atoms with Crippen LogP contribution in [0.25, 0.3) is 0 Å². The van der Waals surface area contributed by atoms with Crippen LogP contribution < -0.4 is 11.1 Å². The zero-order valence-corrected chi connectivity index (χ0v) is 14.0. The fourth-order valence-corrected chi connectivity index (χ4v) is 3.40. The average molecular weight is 349 g/mol. The van der Waals surface area contributed by atoms with Crippen LogP contribution in [0, 0.1) is 5.92 Å². The lowest BCUT2D eigenvalue weighted by atomic mass is 10.0. The van der Waals surface area contributed by atoms with Gasteiger partial charge in [-0.1, -0.05) is 26.0 Å². The van der Waals surface area contributed by atoms with Gasteiger partial charge < -0.3 is 11.1 Å². The first kappa shape index (κ1) is 14.4. The number of hydrogen-bond donors (Lipinski definition) is 2. The normalized spacial score (nSPS) is 17.6. The van der Waals surface area contributed by atoms with Crippen LogP contribution in [-0.2, 0) is 6.42 Å². The van der Waals surface area contributed by atoms with E-state index in [9.17, 15) is 0 Å². The number of fused-ring (bicyclic) bond motifs is 1. The smallest absolute Gasteiger partial charge is 0.139 e. The molecule has 0 bridgehead atoms. The summed E-state index contributed by atoms with van der Waals surface area (Å²) in [7, 11) is 0. The maximum Gasteiger partial charge on any atom is 0.139 e. The maximum atomic E-state index is 5.79. The van der Waals surface area contributed by atoms with E-state index in [1.54, 1.807) is 0 Å². The van der Waals surface area contributed by atoms with Crippen molar-refractivity contribution in [1.82, 2.24) is 9.78 Å². The molecule has 0 spiro atoms. The van der Waals surface area contributed by atoms with Crippen molar-refractivity contribution in [3.05, 3.63) is 40.0 Å². The first-order valence-electron chi connectivity index (χ1n) is 7.42. The molecule has 4 nitrogen and oxygen atoms in total. The second-order valence-corrected chi connectivity index (χ2v) is 6.84. The van der Waals surface area contributed by atoms with Crippen LogP contribution in [0.3, 0.4) is 0 Å². The Morgan fingerprint density at radius 2 is 2.10 bits per heavy atom. The van der Waals surface area contributed by atoms with E-state index < -0.39 is 0 Å². The van der Waals surface area contributed by atoms with Gasteiger partial charge in [0.2, 0.25) is 0 Å². The largest absolute Gasteiger partial charge is 0.399 e. The molecule has 1 aliphatic heterocycles. The molecule has 1 unspecified atom stereocenters. The molecule has 0 radical (unpaired) electrons. The first-order valence-corrected chi connectivity index (χ1v) is 8.21. The van der Waals surface area contributed by atoms with Gasteiger partial charge in [0.05, 0.1) is 16.2 Å². The van der Waals surface area contributed by atoms with Crippen molar-refractivity contribution in [2.75, 3.05) is 17.6 Å². The van der Waals surface area contributed by atoms with Crippen molar-refractivity contribution >= 4 is 27.4 Å². The molecule has 112 valence electrons. The van der Waals surface area contributed by atoms with Gasteiger partial charge in [-0.15, -0.1) is 0 Å². The lowest BCUT2D eigenvalue weighted by molar-refractivity contribution is 0.474. The Labute approximate surface area is 133 Å². The van der Waals surface area contributed by atoms with Crippen LogP contribution in [0.1, 0.15) is 37.6 Å². The molecule has 21 heavy (non-hydrogen) atoms. The second kappa shape index (κ2) is 5.72. The Hall–Kier alpha value is -1.49. The summed E-state index contributed by atoms with van der Waals surface area (Å²) < 4.78 is 3.23. The van der Waals surface area contributed by atoms with Gasteiger partial charge >= 0.3 is 0 Å². The Kier molecular flexibility index (Phi) is 3.93. The molecule has 0 amide bonds. The number of nitrogens with zero attached hydrogens (tertiary/aromatic N) is 2. The summed E-state index contributed by atoms with van der Waals surface area (Å²) in [6.45, 7) is 5.39. The molecule has 2 aromatic rings. The molecule has 2 heterocycles. The standard InChI is InChI=1S/C16H21BrN4/c1-10(2)9-13-15(17)16-19-8-7-14(21(16)20-13)11-3-5-12(18)6-4-11/h3-6,10,14,19H,7-9,18H2,1-2H3. The zero-order valence-electron chi connectivity index (χ0n) is 12.4. The van der Waals surface area contributed by atoms with Gasteiger partial charge in [-0.25, -0.2) is 4.68 Å². The van der Waals surface area contributed by atoms with Gasteiger partial charge in [0.25, 0.3) is 0 Å². The summed E-state index contributed by atoms with van der Waals surface area (Å²) in [6, 6.07) is 8.41. The lowest BCUT2D eigenvalue weighted by Gasteiger charge is -2.26. The number of nitrogens with one attached hydrogen (secondary N) is 1. The molecule has 3 N–H and O–H groups in total. The van der Waals surface area contributed by atoms with Crippen molar-refractivity contribution in [1.29, 1.82) is 0 Å². The summed E-state index contributed by atoms with van der Waals surface area (Å²) in [5, 5.41) is 8.31. The maximum absolute atomic E-state index is 5.79. The Balaban J connectivity index is 1.99.